The van der Waals surface area contributed by atoms with Crippen molar-refractivity contribution >= 4 is 11.9 Å². The second-order valence-electron chi connectivity index (χ2n) is 7.14. The standard InChI is InChI=1S/C18H36N2O3/c1-4-5-6-7-8-9-10-11-13-17(21)19-14-12-15-20(2,3)16-18(22)23/h4-16H2,1-3H3,(H-,19,21,22,23)/p+1. The van der Waals surface area contributed by atoms with Crippen LogP contribution in [0.4, 0.5) is 0 Å². The molecule has 136 valence electrons. The number of nitrogens with zero attached hydrogens (tertiary/aromatic N) is 1. The first-order valence-corrected chi connectivity index (χ1v) is 9.18. The molecule has 0 rings (SSSR count). The van der Waals surface area contributed by atoms with Gasteiger partial charge >= 0.3 is 5.97 Å². The second kappa shape index (κ2) is 13.3. The van der Waals surface area contributed by atoms with Crippen molar-refractivity contribution in [2.75, 3.05) is 33.7 Å². The first-order valence-electron chi connectivity index (χ1n) is 9.18. The highest BCUT2D eigenvalue weighted by Gasteiger charge is 2.18. The summed E-state index contributed by atoms with van der Waals surface area (Å²) in [5.74, 6) is -0.659. The van der Waals surface area contributed by atoms with Crippen LogP contribution in [0.3, 0.4) is 0 Å². The molecule has 5 heteroatoms. The van der Waals surface area contributed by atoms with Gasteiger partial charge in [0.1, 0.15) is 0 Å². The Morgan fingerprint density at radius 1 is 0.913 bits per heavy atom. The van der Waals surface area contributed by atoms with Crippen LogP contribution in [0.25, 0.3) is 0 Å². The summed E-state index contributed by atoms with van der Waals surface area (Å²) in [4.78, 5) is 22.4. The van der Waals surface area contributed by atoms with Crippen molar-refractivity contribution in [3.63, 3.8) is 0 Å². The van der Waals surface area contributed by atoms with Gasteiger partial charge in [-0.1, -0.05) is 51.9 Å². The number of carboxylic acids is 1. The smallest absolute Gasteiger partial charge is 0.359 e. The number of amides is 1. The molecule has 0 radical (unpaired) electrons. The van der Waals surface area contributed by atoms with Gasteiger partial charge in [0.25, 0.3) is 0 Å². The molecule has 0 atom stereocenters. The summed E-state index contributed by atoms with van der Waals surface area (Å²) >= 11 is 0. The molecule has 0 aliphatic rings. The van der Waals surface area contributed by atoms with Crippen molar-refractivity contribution in [3.8, 4) is 0 Å². The van der Waals surface area contributed by atoms with Gasteiger partial charge in [-0.2, -0.15) is 0 Å². The van der Waals surface area contributed by atoms with E-state index >= 15 is 0 Å². The first kappa shape index (κ1) is 21.9. The largest absolute Gasteiger partial charge is 0.477 e. The molecule has 0 spiro atoms. The molecule has 0 aromatic rings. The van der Waals surface area contributed by atoms with E-state index < -0.39 is 5.97 Å². The number of hydrogen-bond acceptors (Lipinski definition) is 2. The van der Waals surface area contributed by atoms with Crippen molar-refractivity contribution < 1.29 is 19.2 Å². The molecular weight excluding hydrogens is 292 g/mol. The summed E-state index contributed by atoms with van der Waals surface area (Å²) in [6.07, 6.45) is 11.3. The Hall–Kier alpha value is -1.10. The summed E-state index contributed by atoms with van der Waals surface area (Å²) in [5.41, 5.74) is 0. The average Bonchev–Trinajstić information content (AvgIpc) is 2.45. The lowest BCUT2D eigenvalue weighted by atomic mass is 10.1. The lowest BCUT2D eigenvalue weighted by Crippen LogP contribution is -2.45. The van der Waals surface area contributed by atoms with Gasteiger partial charge < -0.3 is 14.9 Å². The zero-order chi connectivity index (χ0) is 17.6. The van der Waals surface area contributed by atoms with E-state index in [-0.39, 0.29) is 12.5 Å². The molecule has 0 aromatic carbocycles. The third-order valence-corrected chi connectivity index (χ3v) is 4.08. The van der Waals surface area contributed by atoms with E-state index in [9.17, 15) is 9.59 Å². The Kier molecular flexibility index (Phi) is 12.7. The third-order valence-electron chi connectivity index (χ3n) is 4.08. The molecule has 0 heterocycles. The van der Waals surface area contributed by atoms with Crippen molar-refractivity contribution in [1.29, 1.82) is 0 Å². The lowest BCUT2D eigenvalue weighted by Gasteiger charge is -2.27. The van der Waals surface area contributed by atoms with Crippen LogP contribution in [-0.2, 0) is 9.59 Å². The molecule has 2 N–H and O–H groups in total. The molecule has 0 bridgehead atoms. The number of unbranched alkanes of at least 4 members (excludes halogenated alkanes) is 7. The number of carbonyl (C=O) groups excluding carboxylic acids is 1. The van der Waals surface area contributed by atoms with E-state index in [1.807, 2.05) is 14.1 Å². The van der Waals surface area contributed by atoms with E-state index in [1.54, 1.807) is 0 Å². The zero-order valence-corrected chi connectivity index (χ0v) is 15.4. The van der Waals surface area contributed by atoms with Gasteiger partial charge in [-0.05, 0) is 6.42 Å². The minimum Gasteiger partial charge on any atom is -0.477 e. The Balaban J connectivity index is 3.45. The number of hydrogen-bond donors (Lipinski definition) is 2. The van der Waals surface area contributed by atoms with E-state index in [0.717, 1.165) is 25.8 Å². The molecule has 0 saturated carbocycles. The van der Waals surface area contributed by atoms with Gasteiger partial charge in [-0.3, -0.25) is 4.79 Å². The van der Waals surface area contributed by atoms with E-state index in [0.29, 0.717) is 17.4 Å². The van der Waals surface area contributed by atoms with Crippen molar-refractivity contribution in [2.24, 2.45) is 0 Å². The summed E-state index contributed by atoms with van der Waals surface area (Å²) in [5, 5.41) is 11.7. The summed E-state index contributed by atoms with van der Waals surface area (Å²) in [7, 11) is 3.80. The quantitative estimate of drug-likeness (QED) is 0.358. The Bertz CT molecular complexity index is 330. The number of aliphatic carboxylic acids is 1. The maximum atomic E-state index is 11.7. The Morgan fingerprint density at radius 2 is 1.48 bits per heavy atom. The third kappa shape index (κ3) is 15.6. The van der Waals surface area contributed by atoms with Gasteiger partial charge in [-0.25, -0.2) is 4.79 Å². The number of quaternary nitrogens is 1. The fourth-order valence-corrected chi connectivity index (χ4v) is 2.69. The highest BCUT2D eigenvalue weighted by molar-refractivity contribution is 5.75. The van der Waals surface area contributed by atoms with E-state index in [1.165, 1.54) is 38.5 Å². The number of rotatable bonds is 15. The van der Waals surface area contributed by atoms with Gasteiger partial charge in [0.15, 0.2) is 6.54 Å². The van der Waals surface area contributed by atoms with Gasteiger partial charge in [0.05, 0.1) is 20.6 Å². The van der Waals surface area contributed by atoms with Gasteiger partial charge in [0, 0.05) is 19.4 Å². The molecular formula is C18H37N2O3+. The minimum absolute atomic E-state index is 0.117. The number of carbonyl (C=O) groups is 2. The van der Waals surface area contributed by atoms with Crippen LogP contribution in [-0.4, -0.2) is 55.2 Å². The van der Waals surface area contributed by atoms with Crippen LogP contribution in [0.1, 0.15) is 71.1 Å². The van der Waals surface area contributed by atoms with Crippen LogP contribution >= 0.6 is 0 Å². The zero-order valence-electron chi connectivity index (χ0n) is 15.4. The molecule has 0 aliphatic heterocycles. The maximum Gasteiger partial charge on any atom is 0.359 e. The van der Waals surface area contributed by atoms with Crippen molar-refractivity contribution in [3.05, 3.63) is 0 Å². The topological polar surface area (TPSA) is 66.4 Å². The molecule has 0 fully saturated rings. The van der Waals surface area contributed by atoms with E-state index in [4.69, 9.17) is 5.11 Å². The van der Waals surface area contributed by atoms with Crippen LogP contribution in [0.5, 0.6) is 0 Å². The second-order valence-corrected chi connectivity index (χ2v) is 7.14. The van der Waals surface area contributed by atoms with Crippen LogP contribution in [0.2, 0.25) is 0 Å². The lowest BCUT2D eigenvalue weighted by molar-refractivity contribution is -0.883. The summed E-state index contributed by atoms with van der Waals surface area (Å²) in [6.45, 7) is 3.73. The fourth-order valence-electron chi connectivity index (χ4n) is 2.69. The van der Waals surface area contributed by atoms with Gasteiger partial charge in [0.2, 0.25) is 5.91 Å². The highest BCUT2D eigenvalue weighted by Crippen LogP contribution is 2.09. The van der Waals surface area contributed by atoms with Crippen LogP contribution in [0.15, 0.2) is 0 Å². The predicted octanol–water partition coefficient (Wildman–Crippen LogP) is 3.18. The summed E-state index contributed by atoms with van der Waals surface area (Å²) < 4.78 is 0.448. The van der Waals surface area contributed by atoms with Crippen molar-refractivity contribution in [1.82, 2.24) is 5.32 Å². The summed E-state index contributed by atoms with van der Waals surface area (Å²) in [6, 6.07) is 0. The molecule has 0 unspecified atom stereocenters. The Morgan fingerprint density at radius 3 is 2.04 bits per heavy atom. The SMILES string of the molecule is CCCCCCCCCCC(=O)NCCC[N+](C)(C)CC(=O)O. The molecule has 0 aromatic heterocycles. The molecule has 5 nitrogen and oxygen atoms in total. The van der Waals surface area contributed by atoms with Crippen molar-refractivity contribution in [2.45, 2.75) is 71.1 Å². The maximum absolute atomic E-state index is 11.7. The van der Waals surface area contributed by atoms with Crippen LogP contribution in [0, 0.1) is 0 Å². The number of carboxylic acid groups (broad SMARTS) is 1. The van der Waals surface area contributed by atoms with E-state index in [2.05, 4.69) is 12.2 Å². The predicted molar refractivity (Wildman–Crippen MR) is 94.3 cm³/mol. The van der Waals surface area contributed by atoms with Gasteiger partial charge in [-0.15, -0.1) is 0 Å². The molecule has 0 saturated heterocycles. The average molecular weight is 330 g/mol. The highest BCUT2D eigenvalue weighted by atomic mass is 16.4. The first-order chi connectivity index (χ1) is 10.9. The molecule has 1 amide bonds. The van der Waals surface area contributed by atoms with Crippen LogP contribution < -0.4 is 5.32 Å². The minimum atomic E-state index is -0.784. The fraction of sp³-hybridized carbons (Fsp3) is 0.889. The monoisotopic (exact) mass is 329 g/mol. The normalized spacial score (nSPS) is 11.4. The molecule has 23 heavy (non-hydrogen) atoms. The Labute approximate surface area is 142 Å². The number of likely N-dealkylation sites (N-methyl/N-ethyl adjacent to an activating group) is 1. The number of nitrogens with one attached hydrogen (secondary N) is 1. The molecule has 0 aliphatic carbocycles.